The molecule has 1 fully saturated rings. The molecule has 1 saturated heterocycles. The van der Waals surface area contributed by atoms with E-state index in [0.717, 1.165) is 10.0 Å². The van der Waals surface area contributed by atoms with Crippen LogP contribution in [0.4, 0.5) is 0 Å². The molecule has 4 heteroatoms. The molecular formula is C15H17BrO2S. The van der Waals surface area contributed by atoms with Crippen LogP contribution in [-0.2, 0) is 9.47 Å². The Bertz CT molecular complexity index is 614. The van der Waals surface area contributed by atoms with Gasteiger partial charge in [0.1, 0.15) is 0 Å². The Labute approximate surface area is 125 Å². The molecule has 0 atom stereocenters. The number of fused-ring (bicyclic) bond motifs is 1. The smallest absolute Gasteiger partial charge is 0.185 e. The number of hydrogen-bond donors (Lipinski definition) is 0. The average molecular weight is 341 g/mol. The average Bonchev–Trinajstić information content (AvgIpc) is 2.78. The lowest BCUT2D eigenvalue weighted by Crippen LogP contribution is -2.41. The quantitative estimate of drug-likeness (QED) is 0.704. The van der Waals surface area contributed by atoms with Gasteiger partial charge in [0.2, 0.25) is 0 Å². The summed E-state index contributed by atoms with van der Waals surface area (Å²) in [7, 11) is 0. The Balaban J connectivity index is 1.98. The van der Waals surface area contributed by atoms with Crippen molar-refractivity contribution in [1.82, 2.24) is 0 Å². The van der Waals surface area contributed by atoms with E-state index in [0.29, 0.717) is 0 Å². The monoisotopic (exact) mass is 340 g/mol. The van der Waals surface area contributed by atoms with Gasteiger partial charge in [-0.15, -0.1) is 11.3 Å². The maximum absolute atomic E-state index is 6.08. The minimum atomic E-state index is -0.289. The molecular weight excluding hydrogens is 324 g/mol. The van der Waals surface area contributed by atoms with Crippen LogP contribution >= 0.6 is 27.3 Å². The third-order valence-electron chi connectivity index (χ3n) is 4.08. The van der Waals surface area contributed by atoms with Crippen molar-refractivity contribution in [3.05, 3.63) is 33.6 Å². The number of ether oxygens (including phenoxy) is 2. The second-order valence-corrected chi connectivity index (χ2v) is 7.69. The molecule has 0 saturated carbocycles. The molecule has 19 heavy (non-hydrogen) atoms. The minimum Gasteiger partial charge on any atom is -0.339 e. The molecule has 0 unspecified atom stereocenters. The van der Waals surface area contributed by atoms with Gasteiger partial charge in [0, 0.05) is 25.5 Å². The van der Waals surface area contributed by atoms with Gasteiger partial charge in [0.25, 0.3) is 0 Å². The largest absolute Gasteiger partial charge is 0.339 e. The van der Waals surface area contributed by atoms with Crippen molar-refractivity contribution in [3.63, 3.8) is 0 Å². The molecule has 1 aliphatic heterocycles. The van der Waals surface area contributed by atoms with Gasteiger partial charge in [-0.1, -0.05) is 12.1 Å². The van der Waals surface area contributed by atoms with Crippen molar-refractivity contribution in [1.29, 1.82) is 0 Å². The van der Waals surface area contributed by atoms with Crippen molar-refractivity contribution in [2.45, 2.75) is 45.2 Å². The van der Waals surface area contributed by atoms with Gasteiger partial charge < -0.3 is 9.47 Å². The van der Waals surface area contributed by atoms with Gasteiger partial charge in [-0.25, -0.2) is 0 Å². The summed E-state index contributed by atoms with van der Waals surface area (Å²) in [6, 6.07) is 6.37. The molecule has 0 aliphatic carbocycles. The van der Waals surface area contributed by atoms with Crippen molar-refractivity contribution in [2.24, 2.45) is 0 Å². The first-order chi connectivity index (χ1) is 8.80. The Morgan fingerprint density at radius 1 is 1.11 bits per heavy atom. The lowest BCUT2D eigenvalue weighted by Gasteiger charge is -2.30. The fourth-order valence-corrected chi connectivity index (χ4v) is 3.76. The fraction of sp³-hybridized carbons (Fsp3) is 0.467. The lowest BCUT2D eigenvalue weighted by molar-refractivity contribution is -0.0894. The summed E-state index contributed by atoms with van der Waals surface area (Å²) in [5.74, 6) is 0. The highest BCUT2D eigenvalue weighted by molar-refractivity contribution is 9.10. The second kappa shape index (κ2) is 4.29. The Kier molecular flexibility index (Phi) is 3.06. The van der Waals surface area contributed by atoms with Crippen molar-refractivity contribution < 1.29 is 9.47 Å². The summed E-state index contributed by atoms with van der Waals surface area (Å²) in [4.78, 5) is 0. The molecule has 2 aromatic rings. The van der Waals surface area contributed by atoms with E-state index in [4.69, 9.17) is 9.47 Å². The van der Waals surface area contributed by atoms with Crippen LogP contribution in [0.5, 0.6) is 0 Å². The number of rotatable bonds is 1. The van der Waals surface area contributed by atoms with Crippen molar-refractivity contribution in [3.8, 4) is 0 Å². The van der Waals surface area contributed by atoms with E-state index in [9.17, 15) is 0 Å². The van der Waals surface area contributed by atoms with Crippen molar-refractivity contribution >= 4 is 37.4 Å². The summed E-state index contributed by atoms with van der Waals surface area (Å²) < 4.78 is 14.5. The molecule has 0 spiro atoms. The van der Waals surface area contributed by atoms with E-state index in [1.54, 1.807) is 11.3 Å². The zero-order valence-corrected chi connectivity index (χ0v) is 13.9. The molecule has 0 bridgehead atoms. The third-order valence-corrected chi connectivity index (χ3v) is 5.98. The maximum Gasteiger partial charge on any atom is 0.185 e. The van der Waals surface area contributed by atoms with Gasteiger partial charge in [0.05, 0.1) is 11.2 Å². The fourth-order valence-electron chi connectivity index (χ4n) is 2.14. The molecule has 1 aliphatic rings. The Morgan fingerprint density at radius 2 is 1.74 bits per heavy atom. The molecule has 0 radical (unpaired) electrons. The second-order valence-electron chi connectivity index (χ2n) is 5.93. The molecule has 1 aromatic heterocycles. The van der Waals surface area contributed by atoms with Crippen LogP contribution in [0, 0.1) is 0 Å². The number of halogens is 1. The van der Waals surface area contributed by atoms with E-state index in [1.165, 1.54) is 10.1 Å². The molecule has 0 amide bonds. The van der Waals surface area contributed by atoms with Crippen LogP contribution in [-0.4, -0.2) is 11.2 Å². The first-order valence-corrected chi connectivity index (χ1v) is 8.00. The van der Waals surface area contributed by atoms with E-state index >= 15 is 0 Å². The van der Waals surface area contributed by atoms with E-state index < -0.39 is 0 Å². The van der Waals surface area contributed by atoms with Crippen LogP contribution in [0.25, 0.3) is 10.1 Å². The molecule has 3 rings (SSSR count). The number of thiophene rings is 1. The number of hydrogen-bond acceptors (Lipinski definition) is 3. The highest BCUT2D eigenvalue weighted by Gasteiger charge is 2.49. The molecule has 2 nitrogen and oxygen atoms in total. The van der Waals surface area contributed by atoms with Crippen LogP contribution in [0.2, 0.25) is 0 Å². The van der Waals surface area contributed by atoms with E-state index in [1.807, 2.05) is 0 Å². The van der Waals surface area contributed by atoms with Crippen molar-refractivity contribution in [2.75, 3.05) is 0 Å². The van der Waals surface area contributed by atoms with Gasteiger partial charge in [-0.05, 0) is 49.7 Å². The number of benzene rings is 1. The standard InChI is InChI=1S/C15H17BrO2S/c1-14(2)15(3,4)18-13(17-14)9-5-6-10-11(16)8-19-12(10)7-9/h5-8,13H,1-4H3. The summed E-state index contributed by atoms with van der Waals surface area (Å²) in [5.41, 5.74) is 0.506. The summed E-state index contributed by atoms with van der Waals surface area (Å²) in [6.45, 7) is 8.31. The predicted molar refractivity (Wildman–Crippen MR) is 82.6 cm³/mol. The van der Waals surface area contributed by atoms with E-state index in [-0.39, 0.29) is 17.5 Å². The predicted octanol–water partition coefficient (Wildman–Crippen LogP) is 5.27. The molecule has 1 aromatic carbocycles. The SMILES string of the molecule is CC1(C)OC(c2ccc3c(Br)csc3c2)OC1(C)C. The van der Waals surface area contributed by atoms with Gasteiger partial charge in [-0.3, -0.25) is 0 Å². The van der Waals surface area contributed by atoms with Crippen LogP contribution in [0.15, 0.2) is 28.1 Å². The third kappa shape index (κ3) is 2.15. The molecule has 102 valence electrons. The highest BCUT2D eigenvalue weighted by Crippen LogP contribution is 2.45. The highest BCUT2D eigenvalue weighted by atomic mass is 79.9. The summed E-state index contributed by atoms with van der Waals surface area (Å²) in [5, 5.41) is 3.35. The molecule has 0 N–H and O–H groups in total. The lowest BCUT2D eigenvalue weighted by atomic mass is 9.90. The van der Waals surface area contributed by atoms with Crippen LogP contribution < -0.4 is 0 Å². The normalized spacial score (nSPS) is 22.2. The summed E-state index contributed by atoms with van der Waals surface area (Å²) >= 11 is 5.29. The first-order valence-electron chi connectivity index (χ1n) is 6.32. The zero-order chi connectivity index (χ0) is 13.8. The summed E-state index contributed by atoms with van der Waals surface area (Å²) in [6.07, 6.45) is -0.282. The van der Waals surface area contributed by atoms with Gasteiger partial charge in [0.15, 0.2) is 6.29 Å². The van der Waals surface area contributed by atoms with Gasteiger partial charge in [-0.2, -0.15) is 0 Å². The Morgan fingerprint density at radius 3 is 2.37 bits per heavy atom. The van der Waals surface area contributed by atoms with Crippen LogP contribution in [0.3, 0.4) is 0 Å². The molecule has 2 heterocycles. The topological polar surface area (TPSA) is 18.5 Å². The Hall–Kier alpha value is -0.420. The van der Waals surface area contributed by atoms with Crippen LogP contribution in [0.1, 0.15) is 39.5 Å². The minimum absolute atomic E-state index is 0.282. The van der Waals surface area contributed by atoms with Gasteiger partial charge >= 0.3 is 0 Å². The maximum atomic E-state index is 6.08. The first kappa shape index (κ1) is 13.6. The van der Waals surface area contributed by atoms with E-state index in [2.05, 4.69) is 67.2 Å². The zero-order valence-electron chi connectivity index (χ0n) is 11.5.